The minimum absolute atomic E-state index is 0.0755. The van der Waals surface area contributed by atoms with E-state index in [0.29, 0.717) is 40.8 Å². The van der Waals surface area contributed by atoms with Crippen LogP contribution in [0.15, 0.2) is 75.9 Å². The van der Waals surface area contributed by atoms with Crippen molar-refractivity contribution in [2.75, 3.05) is 45.7 Å². The number of thioether (sulfide) groups is 1. The minimum atomic E-state index is -0.485. The molecule has 0 spiro atoms. The first kappa shape index (κ1) is 26.3. The zero-order valence-corrected chi connectivity index (χ0v) is 23.2. The van der Waals surface area contributed by atoms with Crippen LogP contribution in [0.1, 0.15) is 24.9 Å². The lowest BCUT2D eigenvalue weighted by Crippen LogP contribution is -2.47. The van der Waals surface area contributed by atoms with E-state index in [1.807, 2.05) is 46.4 Å². The number of nitrogens with zero attached hydrogens (tertiary/aromatic N) is 4. The first-order valence-corrected chi connectivity index (χ1v) is 13.7. The van der Waals surface area contributed by atoms with Gasteiger partial charge in [-0.25, -0.2) is 4.99 Å². The maximum atomic E-state index is 13.8. The number of ether oxygens (including phenoxy) is 1. The molecule has 0 aliphatic carbocycles. The Balaban J connectivity index is 1.46. The third kappa shape index (κ3) is 5.45. The molecule has 2 amide bonds. The number of hydrogen-bond donors (Lipinski definition) is 1. The van der Waals surface area contributed by atoms with E-state index in [9.17, 15) is 9.59 Å². The van der Waals surface area contributed by atoms with E-state index in [0.717, 1.165) is 29.5 Å². The number of allylic oxidation sites excluding steroid dienone is 1. The Morgan fingerprint density at radius 1 is 1.13 bits per heavy atom. The molecule has 3 heterocycles. The van der Waals surface area contributed by atoms with Gasteiger partial charge in [0.15, 0.2) is 5.17 Å². The summed E-state index contributed by atoms with van der Waals surface area (Å²) in [5, 5.41) is 6.30. The van der Waals surface area contributed by atoms with E-state index in [4.69, 9.17) is 21.3 Å². The quantitative estimate of drug-likeness (QED) is 0.559. The van der Waals surface area contributed by atoms with Crippen molar-refractivity contribution < 1.29 is 14.3 Å². The number of methoxy groups -OCH3 is 1. The molecule has 1 atom stereocenters. The van der Waals surface area contributed by atoms with Gasteiger partial charge >= 0.3 is 0 Å². The highest BCUT2D eigenvalue weighted by atomic mass is 35.5. The second kappa shape index (κ2) is 11.2. The number of halogens is 1. The van der Waals surface area contributed by atoms with Gasteiger partial charge in [-0.05, 0) is 61.3 Å². The van der Waals surface area contributed by atoms with Crippen LogP contribution in [-0.4, -0.2) is 72.0 Å². The van der Waals surface area contributed by atoms with Crippen molar-refractivity contribution in [2.24, 2.45) is 4.99 Å². The highest BCUT2D eigenvalue weighted by Crippen LogP contribution is 2.45. The van der Waals surface area contributed by atoms with Crippen molar-refractivity contribution in [3.63, 3.8) is 0 Å². The second-order valence-corrected chi connectivity index (χ2v) is 10.8. The molecule has 5 rings (SSSR count). The molecule has 2 aromatic rings. The summed E-state index contributed by atoms with van der Waals surface area (Å²) in [4.78, 5) is 38.0. The number of carbonyl (C=O) groups is 2. The number of rotatable bonds is 6. The molecule has 3 aliphatic rings. The highest BCUT2D eigenvalue weighted by molar-refractivity contribution is 8.16. The molecule has 10 heteroatoms. The molecule has 0 saturated carbocycles. The Labute approximate surface area is 232 Å². The summed E-state index contributed by atoms with van der Waals surface area (Å²) in [7, 11) is 3.67. The van der Waals surface area contributed by atoms with Gasteiger partial charge in [0.25, 0.3) is 5.91 Å². The highest BCUT2D eigenvalue weighted by Gasteiger charge is 2.41. The SMILES string of the molecule is COc1ccc(NC(=O)C2=C(C)N=C3SC=C(CC(=O)N4CCN(C)CC4)N3C2c2cccc(Cl)c2)cc1. The Bertz CT molecular complexity index is 1330. The van der Waals surface area contributed by atoms with Crippen LogP contribution in [0, 0.1) is 0 Å². The smallest absolute Gasteiger partial charge is 0.255 e. The van der Waals surface area contributed by atoms with E-state index in [-0.39, 0.29) is 18.2 Å². The summed E-state index contributed by atoms with van der Waals surface area (Å²) < 4.78 is 5.23. The maximum absolute atomic E-state index is 13.8. The molecule has 0 radical (unpaired) electrons. The van der Waals surface area contributed by atoms with Gasteiger partial charge in [0.2, 0.25) is 5.91 Å². The van der Waals surface area contributed by atoms with Crippen molar-refractivity contribution >= 4 is 46.0 Å². The monoisotopic (exact) mass is 551 g/mol. The van der Waals surface area contributed by atoms with Crippen LogP contribution in [0.5, 0.6) is 5.75 Å². The number of hydrogen-bond acceptors (Lipinski definition) is 7. The van der Waals surface area contributed by atoms with Crippen LogP contribution in [0.3, 0.4) is 0 Å². The number of nitrogens with one attached hydrogen (secondary N) is 1. The van der Waals surface area contributed by atoms with Crippen LogP contribution in [0.4, 0.5) is 5.69 Å². The Morgan fingerprint density at radius 2 is 1.87 bits per heavy atom. The Kier molecular flexibility index (Phi) is 7.78. The number of amidine groups is 1. The number of fused-ring (bicyclic) bond motifs is 1. The van der Waals surface area contributed by atoms with Gasteiger partial charge in [-0.15, -0.1) is 0 Å². The summed E-state index contributed by atoms with van der Waals surface area (Å²) >= 11 is 7.88. The van der Waals surface area contributed by atoms with Gasteiger partial charge in [-0.3, -0.25) is 9.59 Å². The van der Waals surface area contributed by atoms with Crippen molar-refractivity contribution in [1.29, 1.82) is 0 Å². The van der Waals surface area contributed by atoms with Crippen molar-refractivity contribution in [2.45, 2.75) is 19.4 Å². The van der Waals surface area contributed by atoms with Gasteiger partial charge < -0.3 is 24.8 Å². The van der Waals surface area contributed by atoms with E-state index in [2.05, 4.69) is 17.3 Å². The number of carbonyl (C=O) groups excluding carboxylic acids is 2. The molecule has 3 aliphatic heterocycles. The molecule has 1 saturated heterocycles. The van der Waals surface area contributed by atoms with Gasteiger partial charge in [0, 0.05) is 42.6 Å². The van der Waals surface area contributed by atoms with Crippen LogP contribution < -0.4 is 10.1 Å². The van der Waals surface area contributed by atoms with E-state index < -0.39 is 6.04 Å². The first-order valence-electron chi connectivity index (χ1n) is 12.5. The summed E-state index contributed by atoms with van der Waals surface area (Å²) in [5.74, 6) is 0.518. The van der Waals surface area contributed by atoms with Gasteiger partial charge in [-0.2, -0.15) is 0 Å². The molecular formula is C28H30ClN5O3S. The minimum Gasteiger partial charge on any atom is -0.497 e. The summed E-state index contributed by atoms with van der Waals surface area (Å²) in [6.45, 7) is 4.99. The molecule has 198 valence electrons. The third-order valence-corrected chi connectivity index (χ3v) is 8.07. The second-order valence-electron chi connectivity index (χ2n) is 9.49. The zero-order chi connectivity index (χ0) is 26.8. The number of likely N-dealkylation sites (N-methyl/N-ethyl adjacent to an activating group) is 1. The number of piperazine rings is 1. The summed E-state index contributed by atoms with van der Waals surface area (Å²) in [6.07, 6.45) is 0.235. The topological polar surface area (TPSA) is 77.5 Å². The predicted molar refractivity (Wildman–Crippen MR) is 152 cm³/mol. The Morgan fingerprint density at radius 3 is 2.55 bits per heavy atom. The average Bonchev–Trinajstić information content (AvgIpc) is 3.30. The number of anilines is 1. The maximum Gasteiger partial charge on any atom is 0.255 e. The lowest BCUT2D eigenvalue weighted by atomic mass is 9.93. The van der Waals surface area contributed by atoms with E-state index in [1.165, 1.54) is 11.8 Å². The fraction of sp³-hybridized carbons (Fsp3) is 0.321. The fourth-order valence-electron chi connectivity index (χ4n) is 4.85. The van der Waals surface area contributed by atoms with Gasteiger partial charge in [-0.1, -0.05) is 35.5 Å². The van der Waals surface area contributed by atoms with Crippen LogP contribution in [0.25, 0.3) is 0 Å². The number of aliphatic imine (C=N–C) groups is 1. The Hall–Kier alpha value is -3.27. The summed E-state index contributed by atoms with van der Waals surface area (Å²) in [5.41, 5.74) is 3.45. The van der Waals surface area contributed by atoms with Crippen molar-refractivity contribution in [3.8, 4) is 5.75 Å². The van der Waals surface area contributed by atoms with E-state index in [1.54, 1.807) is 31.4 Å². The summed E-state index contributed by atoms with van der Waals surface area (Å²) in [6, 6.07) is 14.2. The largest absolute Gasteiger partial charge is 0.497 e. The molecule has 1 N–H and O–H groups in total. The standard InChI is InChI=1S/C28H30ClN5O3S/c1-18-25(27(36)31-21-7-9-23(37-3)10-8-21)26(19-5-4-6-20(29)15-19)34-22(17-38-28(34)30-18)16-24(35)33-13-11-32(2)12-14-33/h4-10,15,17,26H,11-14,16H2,1-3H3,(H,31,36). The molecule has 0 aromatic heterocycles. The number of amides is 2. The van der Waals surface area contributed by atoms with Crippen molar-refractivity contribution in [1.82, 2.24) is 14.7 Å². The van der Waals surface area contributed by atoms with Crippen LogP contribution in [-0.2, 0) is 9.59 Å². The molecule has 0 bridgehead atoms. The van der Waals surface area contributed by atoms with E-state index >= 15 is 0 Å². The zero-order valence-electron chi connectivity index (χ0n) is 21.6. The lowest BCUT2D eigenvalue weighted by Gasteiger charge is -2.37. The molecule has 1 unspecified atom stereocenters. The number of benzene rings is 2. The van der Waals surface area contributed by atoms with Crippen LogP contribution in [0.2, 0.25) is 5.02 Å². The van der Waals surface area contributed by atoms with Crippen LogP contribution >= 0.6 is 23.4 Å². The molecule has 1 fully saturated rings. The predicted octanol–water partition coefficient (Wildman–Crippen LogP) is 4.73. The normalized spacial score (nSPS) is 19.6. The molecule has 38 heavy (non-hydrogen) atoms. The first-order chi connectivity index (χ1) is 18.3. The molecular weight excluding hydrogens is 522 g/mol. The lowest BCUT2D eigenvalue weighted by molar-refractivity contribution is -0.132. The molecule has 8 nitrogen and oxygen atoms in total. The van der Waals surface area contributed by atoms with Gasteiger partial charge in [0.1, 0.15) is 5.75 Å². The third-order valence-electron chi connectivity index (χ3n) is 6.95. The molecule has 2 aromatic carbocycles. The average molecular weight is 552 g/mol. The van der Waals surface area contributed by atoms with Crippen molar-refractivity contribution in [3.05, 3.63) is 81.5 Å². The fourth-order valence-corrected chi connectivity index (χ4v) is 6.01. The van der Waals surface area contributed by atoms with Gasteiger partial charge in [0.05, 0.1) is 30.8 Å².